The van der Waals surface area contributed by atoms with Gasteiger partial charge in [-0.05, 0) is 32.2 Å². The molecule has 0 bridgehead atoms. The van der Waals surface area contributed by atoms with Crippen LogP contribution in [0.4, 0.5) is 0 Å². The summed E-state index contributed by atoms with van der Waals surface area (Å²) in [5.41, 5.74) is 9.29. The lowest BCUT2D eigenvalue weighted by molar-refractivity contribution is 0.817. The van der Waals surface area contributed by atoms with Crippen LogP contribution < -0.4 is 0 Å². The molecule has 3 heteroatoms. The largest absolute Gasteiger partial charge is 0.0940 e. The van der Waals surface area contributed by atoms with Gasteiger partial charge in [0.25, 0.3) is 0 Å². The third-order valence-electron chi connectivity index (χ3n) is 1.39. The Morgan fingerprint density at radius 3 is 2.90 bits per heavy atom. The second-order valence-corrected chi connectivity index (χ2v) is 2.19. The van der Waals surface area contributed by atoms with Gasteiger partial charge in [0.1, 0.15) is 0 Å². The molecule has 56 valence electrons. The van der Waals surface area contributed by atoms with Crippen molar-refractivity contribution in [2.45, 2.75) is 26.7 Å². The van der Waals surface area contributed by atoms with E-state index in [2.05, 4.69) is 23.0 Å². The van der Waals surface area contributed by atoms with Crippen LogP contribution in [0.15, 0.2) is 16.8 Å². The van der Waals surface area contributed by atoms with Crippen LogP contribution in [0.5, 0.6) is 0 Å². The summed E-state index contributed by atoms with van der Waals surface area (Å²) in [5.74, 6) is 0. The number of rotatable bonds is 4. The zero-order valence-electron chi connectivity index (χ0n) is 6.54. The van der Waals surface area contributed by atoms with Crippen LogP contribution in [0.1, 0.15) is 26.7 Å². The van der Waals surface area contributed by atoms with Crippen molar-refractivity contribution in [2.24, 2.45) is 5.11 Å². The number of hydrogen-bond donors (Lipinski definition) is 0. The normalized spacial score (nSPS) is 10.8. The van der Waals surface area contributed by atoms with Crippen molar-refractivity contribution in [3.63, 3.8) is 0 Å². The monoisotopic (exact) mass is 139 g/mol. The van der Waals surface area contributed by atoms with Crippen molar-refractivity contribution < 1.29 is 0 Å². The summed E-state index contributed by atoms with van der Waals surface area (Å²) in [7, 11) is 0. The summed E-state index contributed by atoms with van der Waals surface area (Å²) in [4.78, 5) is 2.66. The van der Waals surface area contributed by atoms with Gasteiger partial charge in [0.05, 0.1) is 0 Å². The Bertz CT molecular complexity index is 154. The van der Waals surface area contributed by atoms with E-state index in [-0.39, 0.29) is 0 Å². The van der Waals surface area contributed by atoms with E-state index in [0.717, 1.165) is 12.8 Å². The molecule has 0 aliphatic heterocycles. The zero-order valence-corrected chi connectivity index (χ0v) is 6.54. The van der Waals surface area contributed by atoms with Gasteiger partial charge in [-0.15, -0.1) is 0 Å². The molecule has 0 rings (SSSR count). The van der Waals surface area contributed by atoms with Crippen molar-refractivity contribution in [2.75, 3.05) is 6.54 Å². The Kier molecular flexibility index (Phi) is 5.59. The predicted molar refractivity (Wildman–Crippen MR) is 42.7 cm³/mol. The van der Waals surface area contributed by atoms with Crippen molar-refractivity contribution in [1.29, 1.82) is 0 Å². The van der Waals surface area contributed by atoms with E-state index in [4.69, 9.17) is 5.53 Å². The first-order valence-electron chi connectivity index (χ1n) is 3.44. The molecule has 0 aromatic carbocycles. The Hall–Kier alpha value is -0.950. The standard InChI is InChI=1S/C7H13N3/c1-3-7(2)5-4-6-9-10-8/h3H,4-6H2,1-2H3/b7-3+. The van der Waals surface area contributed by atoms with Crippen molar-refractivity contribution in [3.05, 3.63) is 22.1 Å². The topological polar surface area (TPSA) is 48.8 Å². The average molecular weight is 139 g/mol. The molecule has 0 unspecified atom stereocenters. The minimum atomic E-state index is 0.613. The molecule has 0 atom stereocenters. The quantitative estimate of drug-likeness (QED) is 0.189. The first-order valence-corrected chi connectivity index (χ1v) is 3.44. The lowest BCUT2D eigenvalue weighted by Gasteiger charge is -1.94. The first-order chi connectivity index (χ1) is 4.81. The molecule has 0 spiro atoms. The second kappa shape index (κ2) is 6.17. The summed E-state index contributed by atoms with van der Waals surface area (Å²) < 4.78 is 0. The highest BCUT2D eigenvalue weighted by Gasteiger charge is 1.86. The minimum Gasteiger partial charge on any atom is -0.0940 e. The molecule has 0 saturated heterocycles. The highest BCUT2D eigenvalue weighted by molar-refractivity contribution is 4.94. The van der Waals surface area contributed by atoms with Gasteiger partial charge in [0.2, 0.25) is 0 Å². The second-order valence-electron chi connectivity index (χ2n) is 2.19. The van der Waals surface area contributed by atoms with Gasteiger partial charge in [0, 0.05) is 11.5 Å². The maximum absolute atomic E-state index is 7.93. The number of nitrogens with zero attached hydrogens (tertiary/aromatic N) is 3. The number of azide groups is 1. The van der Waals surface area contributed by atoms with Crippen molar-refractivity contribution in [3.8, 4) is 0 Å². The molecule has 10 heavy (non-hydrogen) atoms. The van der Waals surface area contributed by atoms with E-state index in [0.29, 0.717) is 6.54 Å². The van der Waals surface area contributed by atoms with E-state index in [9.17, 15) is 0 Å². The third kappa shape index (κ3) is 5.19. The van der Waals surface area contributed by atoms with Crippen LogP contribution in [-0.2, 0) is 0 Å². The highest BCUT2D eigenvalue weighted by atomic mass is 15.1. The first kappa shape index (κ1) is 9.05. The summed E-state index contributed by atoms with van der Waals surface area (Å²) in [5, 5.41) is 3.43. The molecule has 0 aliphatic carbocycles. The molecular formula is C7H13N3. The Morgan fingerprint density at radius 1 is 1.70 bits per heavy atom. The smallest absolute Gasteiger partial charge is 0.0260 e. The lowest BCUT2D eigenvalue weighted by atomic mass is 10.1. The van der Waals surface area contributed by atoms with Crippen LogP contribution in [0.25, 0.3) is 10.4 Å². The van der Waals surface area contributed by atoms with Crippen LogP contribution in [0.2, 0.25) is 0 Å². The van der Waals surface area contributed by atoms with Crippen LogP contribution in [0.3, 0.4) is 0 Å². The Morgan fingerprint density at radius 2 is 2.40 bits per heavy atom. The molecule has 3 nitrogen and oxygen atoms in total. The molecule has 0 aliphatic rings. The molecule has 0 N–H and O–H groups in total. The van der Waals surface area contributed by atoms with Gasteiger partial charge in [0.15, 0.2) is 0 Å². The minimum absolute atomic E-state index is 0.613. The van der Waals surface area contributed by atoms with E-state index < -0.39 is 0 Å². The highest BCUT2D eigenvalue weighted by Crippen LogP contribution is 2.02. The van der Waals surface area contributed by atoms with Crippen LogP contribution in [-0.4, -0.2) is 6.54 Å². The fourth-order valence-electron chi connectivity index (χ4n) is 0.618. The molecule has 0 amide bonds. The average Bonchev–Trinajstić information content (AvgIpc) is 1.98. The van der Waals surface area contributed by atoms with Gasteiger partial charge >= 0.3 is 0 Å². The van der Waals surface area contributed by atoms with E-state index in [1.54, 1.807) is 0 Å². The van der Waals surface area contributed by atoms with Gasteiger partial charge < -0.3 is 0 Å². The summed E-state index contributed by atoms with van der Waals surface area (Å²) in [6.07, 6.45) is 4.08. The van der Waals surface area contributed by atoms with Crippen molar-refractivity contribution in [1.82, 2.24) is 0 Å². The maximum Gasteiger partial charge on any atom is 0.0260 e. The Balaban J connectivity index is 3.28. The van der Waals surface area contributed by atoms with E-state index in [1.165, 1.54) is 5.57 Å². The van der Waals surface area contributed by atoms with E-state index in [1.807, 2.05) is 6.92 Å². The van der Waals surface area contributed by atoms with Gasteiger partial charge in [-0.3, -0.25) is 0 Å². The molecular weight excluding hydrogens is 126 g/mol. The SMILES string of the molecule is C/C=C(\C)CCCN=[N+]=[N-]. The van der Waals surface area contributed by atoms with Gasteiger partial charge in [-0.25, -0.2) is 0 Å². The summed E-state index contributed by atoms with van der Waals surface area (Å²) in [6, 6.07) is 0. The van der Waals surface area contributed by atoms with Crippen molar-refractivity contribution >= 4 is 0 Å². The number of allylic oxidation sites excluding steroid dienone is 2. The third-order valence-corrected chi connectivity index (χ3v) is 1.39. The molecule has 0 aromatic rings. The lowest BCUT2D eigenvalue weighted by Crippen LogP contribution is -1.80. The summed E-state index contributed by atoms with van der Waals surface area (Å²) >= 11 is 0. The predicted octanol–water partition coefficient (Wildman–Crippen LogP) is 3.04. The van der Waals surface area contributed by atoms with Gasteiger partial charge in [-0.2, -0.15) is 0 Å². The molecule has 0 fully saturated rings. The Labute approximate surface area is 61.4 Å². The molecule has 0 heterocycles. The zero-order chi connectivity index (χ0) is 7.82. The van der Waals surface area contributed by atoms with Gasteiger partial charge in [-0.1, -0.05) is 16.8 Å². The molecule has 0 saturated carbocycles. The van der Waals surface area contributed by atoms with E-state index >= 15 is 0 Å². The molecule has 0 aromatic heterocycles. The maximum atomic E-state index is 7.93. The fraction of sp³-hybridized carbons (Fsp3) is 0.714. The summed E-state index contributed by atoms with van der Waals surface area (Å²) in [6.45, 7) is 4.71. The van der Waals surface area contributed by atoms with Crippen LogP contribution >= 0.6 is 0 Å². The fourth-order valence-corrected chi connectivity index (χ4v) is 0.618. The number of hydrogen-bond acceptors (Lipinski definition) is 1. The van der Waals surface area contributed by atoms with Crippen LogP contribution in [0, 0.1) is 0 Å². The molecule has 0 radical (unpaired) electrons.